The molecule has 92 valence electrons. The number of alkyl halides is 2. The summed E-state index contributed by atoms with van der Waals surface area (Å²) in [5.41, 5.74) is 2.21. The van der Waals surface area contributed by atoms with Crippen molar-refractivity contribution >= 4 is 0 Å². The zero-order valence-corrected chi connectivity index (χ0v) is 9.54. The van der Waals surface area contributed by atoms with E-state index in [4.69, 9.17) is 4.74 Å². The summed E-state index contributed by atoms with van der Waals surface area (Å²) in [6.45, 7) is 3.02. The Morgan fingerprint density at radius 3 is 2.88 bits per heavy atom. The minimum absolute atomic E-state index is 0.295. The van der Waals surface area contributed by atoms with E-state index in [-0.39, 0.29) is 0 Å². The van der Waals surface area contributed by atoms with Crippen LogP contribution in [-0.2, 0) is 18.3 Å². The van der Waals surface area contributed by atoms with Crippen molar-refractivity contribution in [1.82, 2.24) is 15.1 Å². The molecule has 0 aromatic carbocycles. The van der Waals surface area contributed by atoms with Gasteiger partial charge in [0.25, 0.3) is 6.43 Å². The fourth-order valence-corrected chi connectivity index (χ4v) is 1.26. The van der Waals surface area contributed by atoms with Gasteiger partial charge in [0.05, 0.1) is 12.8 Å². The van der Waals surface area contributed by atoms with Gasteiger partial charge in [-0.25, -0.2) is 8.78 Å². The minimum atomic E-state index is -2.39. The van der Waals surface area contributed by atoms with Crippen LogP contribution in [0.3, 0.4) is 0 Å². The first-order valence-corrected chi connectivity index (χ1v) is 5.15. The van der Waals surface area contributed by atoms with Crippen LogP contribution in [0.4, 0.5) is 8.78 Å². The predicted molar refractivity (Wildman–Crippen MR) is 56.5 cm³/mol. The van der Waals surface area contributed by atoms with Crippen LogP contribution in [0, 0.1) is 6.92 Å². The number of hydrogen-bond donors (Lipinski definition) is 1. The molecule has 1 heterocycles. The molecule has 0 bridgehead atoms. The molecule has 0 saturated heterocycles. The molecule has 1 N–H and O–H groups in total. The summed E-state index contributed by atoms with van der Waals surface area (Å²) in [5.74, 6) is 0. The van der Waals surface area contributed by atoms with Crippen LogP contribution in [0.5, 0.6) is 0 Å². The number of nitrogens with one attached hydrogen (secondary N) is 1. The van der Waals surface area contributed by atoms with Gasteiger partial charge in [-0.2, -0.15) is 5.10 Å². The van der Waals surface area contributed by atoms with E-state index < -0.39 is 13.0 Å². The van der Waals surface area contributed by atoms with Gasteiger partial charge in [0.2, 0.25) is 0 Å². The quantitative estimate of drug-likeness (QED) is 0.717. The Morgan fingerprint density at radius 1 is 1.56 bits per heavy atom. The summed E-state index contributed by atoms with van der Waals surface area (Å²) in [6.07, 6.45) is -0.594. The molecule has 0 radical (unpaired) electrons. The second-order valence-corrected chi connectivity index (χ2v) is 3.52. The first-order chi connectivity index (χ1) is 7.61. The van der Waals surface area contributed by atoms with Crippen LogP contribution >= 0.6 is 0 Å². The lowest BCUT2D eigenvalue weighted by atomic mass is 10.2. The first-order valence-electron chi connectivity index (χ1n) is 5.15. The average molecular weight is 233 g/mol. The number of rotatable bonds is 7. The van der Waals surface area contributed by atoms with Crippen molar-refractivity contribution in [3.05, 3.63) is 17.5 Å². The SMILES string of the molecule is Cc1c(CNCCOCC(F)F)cnn1C. The lowest BCUT2D eigenvalue weighted by molar-refractivity contribution is 0.0187. The third-order valence-corrected chi connectivity index (χ3v) is 2.32. The number of aryl methyl sites for hydroxylation is 1. The Labute approximate surface area is 93.6 Å². The van der Waals surface area contributed by atoms with Gasteiger partial charge in [0.15, 0.2) is 0 Å². The normalized spacial score (nSPS) is 11.3. The third kappa shape index (κ3) is 4.24. The largest absolute Gasteiger partial charge is 0.374 e. The smallest absolute Gasteiger partial charge is 0.261 e. The van der Waals surface area contributed by atoms with Gasteiger partial charge in [-0.3, -0.25) is 4.68 Å². The van der Waals surface area contributed by atoms with E-state index in [1.165, 1.54) is 0 Å². The molecule has 4 nitrogen and oxygen atoms in total. The molecule has 1 aromatic rings. The van der Waals surface area contributed by atoms with Crippen LogP contribution in [0.2, 0.25) is 0 Å². The first kappa shape index (κ1) is 13.1. The van der Waals surface area contributed by atoms with Gasteiger partial charge in [-0.05, 0) is 6.92 Å². The molecular formula is C10H17F2N3O. The van der Waals surface area contributed by atoms with Crippen molar-refractivity contribution in [3.63, 3.8) is 0 Å². The van der Waals surface area contributed by atoms with Crippen molar-refractivity contribution < 1.29 is 13.5 Å². The van der Waals surface area contributed by atoms with Crippen molar-refractivity contribution in [1.29, 1.82) is 0 Å². The maximum Gasteiger partial charge on any atom is 0.261 e. The standard InChI is InChI=1S/C10H17F2N3O/c1-8-9(6-14-15(8)2)5-13-3-4-16-7-10(11)12/h6,10,13H,3-5,7H2,1-2H3. The second-order valence-electron chi connectivity index (χ2n) is 3.52. The van der Waals surface area contributed by atoms with E-state index in [9.17, 15) is 8.78 Å². The monoisotopic (exact) mass is 233 g/mol. The van der Waals surface area contributed by atoms with Crippen molar-refractivity contribution in [2.45, 2.75) is 19.9 Å². The number of ether oxygens (including phenoxy) is 1. The highest BCUT2D eigenvalue weighted by Crippen LogP contribution is 2.04. The molecule has 0 spiro atoms. The topological polar surface area (TPSA) is 39.1 Å². The van der Waals surface area contributed by atoms with E-state index in [0.717, 1.165) is 11.3 Å². The Kier molecular flexibility index (Phi) is 5.34. The molecule has 1 rings (SSSR count). The summed E-state index contributed by atoms with van der Waals surface area (Å²) in [6, 6.07) is 0. The zero-order valence-electron chi connectivity index (χ0n) is 9.54. The van der Waals surface area contributed by atoms with Gasteiger partial charge in [-0.1, -0.05) is 0 Å². The van der Waals surface area contributed by atoms with E-state index in [0.29, 0.717) is 19.7 Å². The van der Waals surface area contributed by atoms with E-state index >= 15 is 0 Å². The molecule has 0 aliphatic carbocycles. The molecule has 0 atom stereocenters. The van der Waals surface area contributed by atoms with Gasteiger partial charge < -0.3 is 10.1 Å². The van der Waals surface area contributed by atoms with Gasteiger partial charge in [0.1, 0.15) is 6.61 Å². The summed E-state index contributed by atoms with van der Waals surface area (Å²) in [4.78, 5) is 0. The highest BCUT2D eigenvalue weighted by atomic mass is 19.3. The van der Waals surface area contributed by atoms with Gasteiger partial charge in [0, 0.05) is 31.4 Å². The lowest BCUT2D eigenvalue weighted by Crippen LogP contribution is -2.20. The molecule has 0 unspecified atom stereocenters. The molecule has 16 heavy (non-hydrogen) atoms. The Morgan fingerprint density at radius 2 is 2.31 bits per heavy atom. The van der Waals surface area contributed by atoms with Crippen molar-refractivity contribution in [2.75, 3.05) is 19.8 Å². The molecule has 0 fully saturated rings. The molecule has 0 aliphatic rings. The molecule has 0 aliphatic heterocycles. The molecular weight excluding hydrogens is 216 g/mol. The van der Waals surface area contributed by atoms with Crippen LogP contribution in [0.25, 0.3) is 0 Å². The zero-order chi connectivity index (χ0) is 12.0. The fourth-order valence-electron chi connectivity index (χ4n) is 1.26. The highest BCUT2D eigenvalue weighted by molar-refractivity contribution is 5.15. The van der Waals surface area contributed by atoms with Crippen LogP contribution in [0.1, 0.15) is 11.3 Å². The van der Waals surface area contributed by atoms with Gasteiger partial charge >= 0.3 is 0 Å². The van der Waals surface area contributed by atoms with Gasteiger partial charge in [-0.15, -0.1) is 0 Å². The summed E-state index contributed by atoms with van der Waals surface area (Å²) >= 11 is 0. The maximum atomic E-state index is 11.7. The van der Waals surface area contributed by atoms with E-state index in [1.807, 2.05) is 14.0 Å². The number of halogens is 2. The van der Waals surface area contributed by atoms with Crippen LogP contribution < -0.4 is 5.32 Å². The number of hydrogen-bond acceptors (Lipinski definition) is 3. The fraction of sp³-hybridized carbons (Fsp3) is 0.700. The minimum Gasteiger partial charge on any atom is -0.374 e. The molecule has 0 amide bonds. The Balaban J connectivity index is 2.10. The highest BCUT2D eigenvalue weighted by Gasteiger charge is 2.03. The van der Waals surface area contributed by atoms with E-state index in [1.54, 1.807) is 10.9 Å². The average Bonchev–Trinajstić information content (AvgIpc) is 2.54. The Bertz CT molecular complexity index is 315. The lowest BCUT2D eigenvalue weighted by Gasteiger charge is -2.05. The Hall–Kier alpha value is -1.01. The van der Waals surface area contributed by atoms with Crippen molar-refractivity contribution in [2.24, 2.45) is 7.05 Å². The van der Waals surface area contributed by atoms with Crippen LogP contribution in [0.15, 0.2) is 6.20 Å². The summed E-state index contributed by atoms with van der Waals surface area (Å²) < 4.78 is 29.9. The number of aromatic nitrogens is 2. The summed E-state index contributed by atoms with van der Waals surface area (Å²) in [7, 11) is 1.88. The predicted octanol–water partition coefficient (Wildman–Crippen LogP) is 1.10. The molecule has 6 heteroatoms. The van der Waals surface area contributed by atoms with E-state index in [2.05, 4.69) is 10.4 Å². The van der Waals surface area contributed by atoms with Crippen molar-refractivity contribution in [3.8, 4) is 0 Å². The van der Waals surface area contributed by atoms with Crippen LogP contribution in [-0.4, -0.2) is 36.0 Å². The summed E-state index contributed by atoms with van der Waals surface area (Å²) in [5, 5.41) is 7.21. The maximum absolute atomic E-state index is 11.7. The molecule has 0 saturated carbocycles. The third-order valence-electron chi connectivity index (χ3n) is 2.32. The number of nitrogens with zero attached hydrogens (tertiary/aromatic N) is 2. The molecule has 1 aromatic heterocycles. The second kappa shape index (κ2) is 6.55.